The summed E-state index contributed by atoms with van der Waals surface area (Å²) in [4.78, 5) is 11.3. The highest BCUT2D eigenvalue weighted by molar-refractivity contribution is 5.68. The number of carboxylic acid groups (broad SMARTS) is 1. The van der Waals surface area contributed by atoms with E-state index in [0.717, 1.165) is 30.4 Å². The third-order valence-corrected chi connectivity index (χ3v) is 4.67. The van der Waals surface area contributed by atoms with Crippen molar-refractivity contribution < 1.29 is 9.90 Å². The first-order valence-corrected chi connectivity index (χ1v) is 9.30. The summed E-state index contributed by atoms with van der Waals surface area (Å²) in [6, 6.07) is 10.1. The SMILES string of the molecule is CCCCCCCCCC(CC(=O)O)c1ccccc1C(C)C#N. The zero-order valence-electron chi connectivity index (χ0n) is 15.1. The van der Waals surface area contributed by atoms with Crippen LogP contribution < -0.4 is 0 Å². The molecule has 24 heavy (non-hydrogen) atoms. The summed E-state index contributed by atoms with van der Waals surface area (Å²) in [5, 5.41) is 18.5. The third-order valence-electron chi connectivity index (χ3n) is 4.67. The van der Waals surface area contributed by atoms with Crippen LogP contribution in [0.5, 0.6) is 0 Å². The minimum Gasteiger partial charge on any atom is -0.481 e. The van der Waals surface area contributed by atoms with E-state index in [-0.39, 0.29) is 18.3 Å². The Morgan fingerprint density at radius 2 is 1.67 bits per heavy atom. The molecule has 0 saturated carbocycles. The smallest absolute Gasteiger partial charge is 0.303 e. The number of benzene rings is 1. The van der Waals surface area contributed by atoms with Crippen molar-refractivity contribution in [2.45, 2.75) is 83.5 Å². The highest BCUT2D eigenvalue weighted by Gasteiger charge is 2.20. The van der Waals surface area contributed by atoms with E-state index in [0.29, 0.717) is 0 Å². The Labute approximate surface area is 146 Å². The number of aliphatic carboxylic acids is 1. The van der Waals surface area contributed by atoms with Crippen LogP contribution in [0.25, 0.3) is 0 Å². The highest BCUT2D eigenvalue weighted by atomic mass is 16.4. The number of hydrogen-bond donors (Lipinski definition) is 1. The van der Waals surface area contributed by atoms with Crippen LogP contribution in [-0.4, -0.2) is 11.1 Å². The summed E-state index contributed by atoms with van der Waals surface area (Å²) in [6.45, 7) is 4.10. The summed E-state index contributed by atoms with van der Waals surface area (Å²) in [5.74, 6) is -0.959. The van der Waals surface area contributed by atoms with Crippen molar-refractivity contribution in [1.82, 2.24) is 0 Å². The molecular weight excluding hydrogens is 298 g/mol. The summed E-state index contributed by atoms with van der Waals surface area (Å²) in [5.41, 5.74) is 2.02. The van der Waals surface area contributed by atoms with E-state index in [2.05, 4.69) is 13.0 Å². The molecule has 3 heteroatoms. The van der Waals surface area contributed by atoms with Crippen LogP contribution in [0.1, 0.15) is 94.6 Å². The van der Waals surface area contributed by atoms with Crippen molar-refractivity contribution in [1.29, 1.82) is 5.26 Å². The Hall–Kier alpha value is -1.82. The number of carbonyl (C=O) groups is 1. The van der Waals surface area contributed by atoms with Crippen LogP contribution >= 0.6 is 0 Å². The van der Waals surface area contributed by atoms with E-state index < -0.39 is 5.97 Å². The van der Waals surface area contributed by atoms with Crippen LogP contribution in [0.15, 0.2) is 24.3 Å². The van der Waals surface area contributed by atoms with E-state index in [9.17, 15) is 15.2 Å². The maximum Gasteiger partial charge on any atom is 0.303 e. The molecule has 0 bridgehead atoms. The maximum absolute atomic E-state index is 11.3. The molecule has 0 spiro atoms. The van der Waals surface area contributed by atoms with Crippen molar-refractivity contribution >= 4 is 5.97 Å². The molecule has 1 rings (SSSR count). The van der Waals surface area contributed by atoms with Crippen molar-refractivity contribution in [2.75, 3.05) is 0 Å². The maximum atomic E-state index is 11.3. The predicted molar refractivity (Wildman–Crippen MR) is 98.1 cm³/mol. The molecule has 0 aliphatic rings. The predicted octanol–water partition coefficient (Wildman–Crippen LogP) is 6.01. The van der Waals surface area contributed by atoms with Gasteiger partial charge in [0, 0.05) is 0 Å². The quantitative estimate of drug-likeness (QED) is 0.477. The molecule has 0 aliphatic carbocycles. The standard InChI is InChI=1S/C21H31NO2/c1-3-4-5-6-7-8-9-12-18(15-21(23)24)20-14-11-10-13-19(20)17(2)16-22/h10-11,13-14,17-18H,3-9,12,15H2,1-2H3,(H,23,24). The van der Waals surface area contributed by atoms with Gasteiger partial charge in [-0.05, 0) is 30.4 Å². The molecule has 132 valence electrons. The van der Waals surface area contributed by atoms with E-state index in [1.807, 2.05) is 31.2 Å². The summed E-state index contributed by atoms with van der Waals surface area (Å²) in [7, 11) is 0. The van der Waals surface area contributed by atoms with Crippen molar-refractivity contribution in [3.05, 3.63) is 35.4 Å². The van der Waals surface area contributed by atoms with E-state index in [1.54, 1.807) is 0 Å². The average Bonchev–Trinajstić information content (AvgIpc) is 2.59. The number of nitrogens with zero attached hydrogens (tertiary/aromatic N) is 1. The first kappa shape index (κ1) is 20.2. The molecule has 1 N–H and O–H groups in total. The average molecular weight is 329 g/mol. The van der Waals surface area contributed by atoms with Gasteiger partial charge in [0.1, 0.15) is 0 Å². The Balaban J connectivity index is 2.66. The molecule has 0 heterocycles. The first-order valence-electron chi connectivity index (χ1n) is 9.30. The monoisotopic (exact) mass is 329 g/mol. The minimum atomic E-state index is -0.762. The molecule has 1 aromatic rings. The second kappa shape index (κ2) is 11.7. The van der Waals surface area contributed by atoms with Gasteiger partial charge in [-0.2, -0.15) is 5.26 Å². The molecule has 3 nitrogen and oxygen atoms in total. The molecule has 0 aromatic heterocycles. The van der Waals surface area contributed by atoms with Gasteiger partial charge < -0.3 is 5.11 Å². The topological polar surface area (TPSA) is 61.1 Å². The van der Waals surface area contributed by atoms with Gasteiger partial charge in [0.2, 0.25) is 0 Å². The van der Waals surface area contributed by atoms with E-state index >= 15 is 0 Å². The van der Waals surface area contributed by atoms with Gasteiger partial charge in [0.25, 0.3) is 0 Å². The van der Waals surface area contributed by atoms with E-state index in [4.69, 9.17) is 0 Å². The fourth-order valence-electron chi connectivity index (χ4n) is 3.27. The van der Waals surface area contributed by atoms with Crippen LogP contribution in [0.3, 0.4) is 0 Å². The Morgan fingerprint density at radius 1 is 1.08 bits per heavy atom. The third kappa shape index (κ3) is 7.17. The van der Waals surface area contributed by atoms with Gasteiger partial charge in [0.05, 0.1) is 18.4 Å². The lowest BCUT2D eigenvalue weighted by atomic mass is 9.84. The number of unbranched alkanes of at least 4 members (excludes halogenated alkanes) is 6. The van der Waals surface area contributed by atoms with Crippen LogP contribution in [-0.2, 0) is 4.79 Å². The molecule has 0 aliphatic heterocycles. The molecule has 1 aromatic carbocycles. The molecule has 2 unspecified atom stereocenters. The second-order valence-electron chi connectivity index (χ2n) is 6.68. The zero-order valence-corrected chi connectivity index (χ0v) is 15.1. The van der Waals surface area contributed by atoms with Gasteiger partial charge in [-0.15, -0.1) is 0 Å². The Bertz CT molecular complexity index is 533. The van der Waals surface area contributed by atoms with Gasteiger partial charge in [-0.25, -0.2) is 0 Å². The molecule has 2 atom stereocenters. The van der Waals surface area contributed by atoms with Crippen molar-refractivity contribution in [2.24, 2.45) is 0 Å². The van der Waals surface area contributed by atoms with Gasteiger partial charge in [-0.1, -0.05) is 76.1 Å². The largest absolute Gasteiger partial charge is 0.481 e. The Kier molecular flexibility index (Phi) is 9.84. The van der Waals surface area contributed by atoms with Crippen molar-refractivity contribution in [3.63, 3.8) is 0 Å². The highest BCUT2D eigenvalue weighted by Crippen LogP contribution is 2.32. The number of nitriles is 1. The lowest BCUT2D eigenvalue weighted by Gasteiger charge is -2.20. The fourth-order valence-corrected chi connectivity index (χ4v) is 3.27. The van der Waals surface area contributed by atoms with Gasteiger partial charge in [0.15, 0.2) is 0 Å². The summed E-state index contributed by atoms with van der Waals surface area (Å²) in [6.07, 6.45) is 9.62. The summed E-state index contributed by atoms with van der Waals surface area (Å²) < 4.78 is 0. The molecule has 0 saturated heterocycles. The molecule has 0 radical (unpaired) electrons. The zero-order chi connectivity index (χ0) is 17.8. The second-order valence-corrected chi connectivity index (χ2v) is 6.68. The fraction of sp³-hybridized carbons (Fsp3) is 0.619. The minimum absolute atomic E-state index is 0.00476. The van der Waals surface area contributed by atoms with Crippen molar-refractivity contribution in [3.8, 4) is 6.07 Å². The Morgan fingerprint density at radius 3 is 2.25 bits per heavy atom. The molecular formula is C21H31NO2. The van der Waals surface area contributed by atoms with Crippen LogP contribution in [0, 0.1) is 11.3 Å². The number of carboxylic acids is 1. The lowest BCUT2D eigenvalue weighted by Crippen LogP contribution is -2.10. The number of hydrogen-bond acceptors (Lipinski definition) is 2. The lowest BCUT2D eigenvalue weighted by molar-refractivity contribution is -0.137. The van der Waals surface area contributed by atoms with Gasteiger partial charge in [-0.3, -0.25) is 4.79 Å². The number of rotatable bonds is 12. The van der Waals surface area contributed by atoms with Gasteiger partial charge >= 0.3 is 5.97 Å². The van der Waals surface area contributed by atoms with Crippen LogP contribution in [0.4, 0.5) is 0 Å². The van der Waals surface area contributed by atoms with Crippen LogP contribution in [0.2, 0.25) is 0 Å². The van der Waals surface area contributed by atoms with E-state index in [1.165, 1.54) is 32.1 Å². The normalized spacial score (nSPS) is 13.2. The summed E-state index contributed by atoms with van der Waals surface area (Å²) >= 11 is 0. The molecule has 0 amide bonds. The molecule has 0 fully saturated rings. The first-order chi connectivity index (χ1) is 11.6.